The van der Waals surface area contributed by atoms with Crippen molar-refractivity contribution in [3.05, 3.63) is 53.4 Å². The Morgan fingerprint density at radius 2 is 2.16 bits per heavy atom. The molecule has 3 aromatic rings. The molecule has 0 saturated carbocycles. The second kappa shape index (κ2) is 6.84. The van der Waals surface area contributed by atoms with E-state index in [4.69, 9.17) is 22.1 Å². The maximum absolute atomic E-state index is 6.13. The van der Waals surface area contributed by atoms with E-state index >= 15 is 0 Å². The third kappa shape index (κ3) is 3.37. The number of anilines is 1. The molecule has 6 nitrogen and oxygen atoms in total. The smallest absolute Gasteiger partial charge is 0.220 e. The van der Waals surface area contributed by atoms with Crippen LogP contribution >= 0.6 is 11.6 Å². The van der Waals surface area contributed by atoms with Crippen molar-refractivity contribution in [2.75, 3.05) is 25.5 Å². The molecule has 127 valence electrons. The third-order valence-corrected chi connectivity index (χ3v) is 4.38. The van der Waals surface area contributed by atoms with Crippen LogP contribution in [0.5, 0.6) is 0 Å². The Morgan fingerprint density at radius 1 is 1.24 bits per heavy atom. The van der Waals surface area contributed by atoms with Gasteiger partial charge in [-0.1, -0.05) is 23.7 Å². The van der Waals surface area contributed by atoms with Crippen LogP contribution in [0.4, 0.5) is 5.95 Å². The van der Waals surface area contributed by atoms with Crippen LogP contribution in [-0.2, 0) is 4.74 Å². The van der Waals surface area contributed by atoms with Crippen LogP contribution in [-0.4, -0.2) is 34.7 Å². The number of H-pyrrole nitrogens is 1. The van der Waals surface area contributed by atoms with Crippen LogP contribution in [0.25, 0.3) is 22.4 Å². The second-order valence-electron chi connectivity index (χ2n) is 5.84. The molecule has 0 spiro atoms. The zero-order chi connectivity index (χ0) is 17.2. The lowest BCUT2D eigenvalue weighted by molar-refractivity contribution is 0.0734. The summed E-state index contributed by atoms with van der Waals surface area (Å²) in [5, 5.41) is 5.25. The zero-order valence-corrected chi connectivity index (χ0v) is 14.2. The lowest BCUT2D eigenvalue weighted by Gasteiger charge is -2.20. The Morgan fingerprint density at radius 3 is 2.96 bits per heavy atom. The Labute approximate surface area is 150 Å². The van der Waals surface area contributed by atoms with Gasteiger partial charge in [-0.05, 0) is 23.8 Å². The Bertz CT molecular complexity index is 889. The molecular formula is C18H17ClN5O. The summed E-state index contributed by atoms with van der Waals surface area (Å²) in [7, 11) is 0. The lowest BCUT2D eigenvalue weighted by Crippen LogP contribution is -2.29. The number of hydrogen-bond acceptors (Lipinski definition) is 4. The van der Waals surface area contributed by atoms with Crippen molar-refractivity contribution >= 4 is 17.5 Å². The van der Waals surface area contributed by atoms with Crippen molar-refractivity contribution in [1.82, 2.24) is 20.3 Å². The molecule has 0 bridgehead atoms. The molecule has 1 saturated heterocycles. The van der Waals surface area contributed by atoms with E-state index in [9.17, 15) is 0 Å². The predicted octanol–water partition coefficient (Wildman–Crippen LogP) is 3.05. The van der Waals surface area contributed by atoms with Crippen LogP contribution in [0.1, 0.15) is 11.7 Å². The standard InChI is InChI=1S/C18H17ClN5O/c19-13-3-1-2-11(6-13)14-9-23-18(20)24-17(14)12-7-15(22-8-12)16-10-25-5-4-21-16/h1-3,6-9,16,22H,4-5,10H2,(H2,20,23,24). The van der Waals surface area contributed by atoms with Crippen LogP contribution in [0, 0.1) is 0 Å². The summed E-state index contributed by atoms with van der Waals surface area (Å²) in [6.07, 6.45) is 3.64. The molecule has 0 amide bonds. The number of nitrogens with two attached hydrogens (primary N) is 1. The van der Waals surface area contributed by atoms with E-state index in [1.54, 1.807) is 6.20 Å². The molecule has 1 aliphatic rings. The number of ether oxygens (including phenoxy) is 1. The maximum Gasteiger partial charge on any atom is 0.220 e. The largest absolute Gasteiger partial charge is 0.378 e. The fourth-order valence-corrected chi connectivity index (χ4v) is 3.12. The average Bonchev–Trinajstić information content (AvgIpc) is 3.12. The molecule has 2 aromatic heterocycles. The van der Waals surface area contributed by atoms with Gasteiger partial charge in [-0.25, -0.2) is 15.3 Å². The average molecular weight is 355 g/mol. The van der Waals surface area contributed by atoms with Gasteiger partial charge >= 0.3 is 0 Å². The fraction of sp³-hybridized carbons (Fsp3) is 0.222. The second-order valence-corrected chi connectivity index (χ2v) is 6.28. The molecule has 1 atom stereocenters. The van der Waals surface area contributed by atoms with Crippen molar-refractivity contribution in [1.29, 1.82) is 0 Å². The topological polar surface area (TPSA) is 90.9 Å². The highest BCUT2D eigenvalue weighted by atomic mass is 35.5. The van der Waals surface area contributed by atoms with Crippen molar-refractivity contribution in [2.24, 2.45) is 0 Å². The van der Waals surface area contributed by atoms with Gasteiger partial charge in [0.2, 0.25) is 5.95 Å². The van der Waals surface area contributed by atoms with Crippen LogP contribution < -0.4 is 11.1 Å². The summed E-state index contributed by atoms with van der Waals surface area (Å²) < 4.78 is 5.50. The van der Waals surface area contributed by atoms with Crippen molar-refractivity contribution in [3.63, 3.8) is 0 Å². The summed E-state index contributed by atoms with van der Waals surface area (Å²) in [5.41, 5.74) is 10.3. The molecule has 1 unspecified atom stereocenters. The van der Waals surface area contributed by atoms with Gasteiger partial charge < -0.3 is 15.5 Å². The van der Waals surface area contributed by atoms with Crippen molar-refractivity contribution in [2.45, 2.75) is 6.04 Å². The van der Waals surface area contributed by atoms with Gasteiger partial charge in [0.15, 0.2) is 0 Å². The van der Waals surface area contributed by atoms with Gasteiger partial charge in [0.1, 0.15) is 0 Å². The molecule has 1 radical (unpaired) electrons. The van der Waals surface area contributed by atoms with Gasteiger partial charge in [0, 0.05) is 40.8 Å². The molecule has 25 heavy (non-hydrogen) atoms. The molecule has 4 rings (SSSR count). The number of aromatic amines is 1. The van der Waals surface area contributed by atoms with Crippen LogP contribution in [0.2, 0.25) is 5.02 Å². The maximum atomic E-state index is 6.13. The van der Waals surface area contributed by atoms with E-state index < -0.39 is 0 Å². The third-order valence-electron chi connectivity index (χ3n) is 4.14. The minimum absolute atomic E-state index is 0.0244. The highest BCUT2D eigenvalue weighted by Gasteiger charge is 2.20. The van der Waals surface area contributed by atoms with E-state index in [1.165, 1.54) is 0 Å². The Kier molecular flexibility index (Phi) is 4.40. The van der Waals surface area contributed by atoms with Crippen molar-refractivity contribution < 1.29 is 4.74 Å². The number of benzene rings is 1. The summed E-state index contributed by atoms with van der Waals surface area (Å²) in [6.45, 7) is 1.99. The number of nitrogens with one attached hydrogen (secondary N) is 1. The minimum Gasteiger partial charge on any atom is -0.378 e. The van der Waals surface area contributed by atoms with Gasteiger partial charge in [-0.15, -0.1) is 0 Å². The summed E-state index contributed by atoms with van der Waals surface area (Å²) in [6, 6.07) is 9.66. The van der Waals surface area contributed by atoms with Gasteiger partial charge in [0.25, 0.3) is 0 Å². The highest BCUT2D eigenvalue weighted by molar-refractivity contribution is 6.30. The normalized spacial score (nSPS) is 17.6. The molecular weight excluding hydrogens is 338 g/mol. The quantitative estimate of drug-likeness (QED) is 0.756. The Hall–Kier alpha value is -2.41. The van der Waals surface area contributed by atoms with E-state index in [0.717, 1.165) is 28.1 Å². The zero-order valence-electron chi connectivity index (χ0n) is 13.4. The number of aromatic nitrogens is 3. The molecule has 3 heterocycles. The molecule has 1 aromatic carbocycles. The van der Waals surface area contributed by atoms with Gasteiger partial charge in [-0.3, -0.25) is 0 Å². The molecule has 1 aliphatic heterocycles. The van der Waals surface area contributed by atoms with E-state index in [1.807, 2.05) is 36.5 Å². The molecule has 3 N–H and O–H groups in total. The summed E-state index contributed by atoms with van der Waals surface area (Å²) in [4.78, 5) is 11.9. The van der Waals surface area contributed by atoms with E-state index in [0.29, 0.717) is 24.8 Å². The number of halogens is 1. The minimum atomic E-state index is 0.0244. The summed E-state index contributed by atoms with van der Waals surface area (Å²) >= 11 is 6.13. The number of rotatable bonds is 3. The number of nitrogen functional groups attached to an aromatic ring is 1. The first-order valence-electron chi connectivity index (χ1n) is 8.02. The first-order valence-corrected chi connectivity index (χ1v) is 8.40. The molecule has 7 heteroatoms. The van der Waals surface area contributed by atoms with Gasteiger partial charge in [0.05, 0.1) is 24.9 Å². The monoisotopic (exact) mass is 354 g/mol. The lowest BCUT2D eigenvalue weighted by atomic mass is 10.0. The first-order chi connectivity index (χ1) is 12.2. The van der Waals surface area contributed by atoms with Crippen molar-refractivity contribution in [3.8, 4) is 22.4 Å². The molecule has 0 aliphatic carbocycles. The number of nitrogens with zero attached hydrogens (tertiary/aromatic N) is 3. The number of hydrogen-bond donors (Lipinski definition) is 2. The first kappa shape index (κ1) is 16.1. The van der Waals surface area contributed by atoms with Crippen LogP contribution in [0.3, 0.4) is 0 Å². The fourth-order valence-electron chi connectivity index (χ4n) is 2.93. The van der Waals surface area contributed by atoms with Gasteiger partial charge in [-0.2, -0.15) is 0 Å². The number of morpholine rings is 1. The van der Waals surface area contributed by atoms with Crippen LogP contribution in [0.15, 0.2) is 42.7 Å². The molecule has 1 fully saturated rings. The Balaban J connectivity index is 1.75. The van der Waals surface area contributed by atoms with E-state index in [2.05, 4.69) is 20.3 Å². The summed E-state index contributed by atoms with van der Waals surface area (Å²) in [5.74, 6) is 0.231. The highest BCUT2D eigenvalue weighted by Crippen LogP contribution is 2.33. The SMILES string of the molecule is Nc1ncc(-c2cccc(Cl)c2)c(-c2c[nH]c(C3COCC[N]3)c2)n1. The predicted molar refractivity (Wildman–Crippen MR) is 97.2 cm³/mol. The van der Waals surface area contributed by atoms with E-state index in [-0.39, 0.29) is 12.0 Å².